The molecular formula is C14H20FNO2. The van der Waals surface area contributed by atoms with Crippen molar-refractivity contribution in [2.24, 2.45) is 5.92 Å². The van der Waals surface area contributed by atoms with Gasteiger partial charge in [-0.05, 0) is 12.5 Å². The minimum atomic E-state index is -0.497. The molecule has 1 aliphatic heterocycles. The van der Waals surface area contributed by atoms with Crippen molar-refractivity contribution in [3.05, 3.63) is 29.8 Å². The number of aliphatic hydroxyl groups is 1. The number of methoxy groups -OCH3 is 1. The molecule has 1 saturated heterocycles. The Morgan fingerprint density at radius 3 is 2.83 bits per heavy atom. The number of benzene rings is 1. The molecule has 1 heterocycles. The first-order valence-electron chi connectivity index (χ1n) is 6.35. The Kier molecular flexibility index (Phi) is 4.55. The molecule has 2 rings (SSSR count). The van der Waals surface area contributed by atoms with Gasteiger partial charge in [0.25, 0.3) is 0 Å². The maximum absolute atomic E-state index is 12.0. The molecule has 1 aromatic rings. The number of nitrogens with zero attached hydrogens (tertiary/aromatic N) is 1. The number of aliphatic hydroxyl groups excluding tert-OH is 1. The van der Waals surface area contributed by atoms with Crippen LogP contribution >= 0.6 is 0 Å². The smallest absolute Gasteiger partial charge is 0.124 e. The molecule has 100 valence electrons. The van der Waals surface area contributed by atoms with Crippen molar-refractivity contribution < 1.29 is 14.2 Å². The van der Waals surface area contributed by atoms with E-state index in [1.54, 1.807) is 7.11 Å². The van der Waals surface area contributed by atoms with Crippen LogP contribution in [-0.4, -0.2) is 43.4 Å². The third kappa shape index (κ3) is 2.82. The molecule has 18 heavy (non-hydrogen) atoms. The summed E-state index contributed by atoms with van der Waals surface area (Å²) in [7, 11) is 1.61. The number of halogens is 1. The first-order chi connectivity index (χ1) is 8.76. The molecular weight excluding hydrogens is 233 g/mol. The fraction of sp³-hybridized carbons (Fsp3) is 0.571. The standard InChI is InChI=1S/C14H20FNO2/c1-18-13-6-3-2-5-12(13)14(17)11-9-16(10-11)8-4-7-15/h2-3,5-6,11,14,17H,4,7-10H2,1H3/t14-/m0/s1. The van der Waals surface area contributed by atoms with Crippen LogP contribution in [0.25, 0.3) is 0 Å². The summed E-state index contributed by atoms with van der Waals surface area (Å²) >= 11 is 0. The molecule has 1 fully saturated rings. The van der Waals surface area contributed by atoms with Crippen molar-refractivity contribution in [2.45, 2.75) is 12.5 Å². The Labute approximate surface area is 107 Å². The second kappa shape index (κ2) is 6.16. The number of para-hydroxylation sites is 1. The summed E-state index contributed by atoms with van der Waals surface area (Å²) in [6.45, 7) is 2.18. The molecule has 0 spiro atoms. The monoisotopic (exact) mass is 253 g/mol. The van der Waals surface area contributed by atoms with Crippen LogP contribution in [0.5, 0.6) is 5.75 Å². The number of hydrogen-bond acceptors (Lipinski definition) is 3. The van der Waals surface area contributed by atoms with Crippen molar-refractivity contribution in [3.63, 3.8) is 0 Å². The summed E-state index contributed by atoms with van der Waals surface area (Å²) in [5, 5.41) is 10.3. The number of ether oxygens (including phenoxy) is 1. The molecule has 0 radical (unpaired) electrons. The van der Waals surface area contributed by atoms with Gasteiger partial charge in [0, 0.05) is 31.1 Å². The summed E-state index contributed by atoms with van der Waals surface area (Å²) < 4.78 is 17.3. The molecule has 3 nitrogen and oxygen atoms in total. The maximum Gasteiger partial charge on any atom is 0.124 e. The summed E-state index contributed by atoms with van der Waals surface area (Å²) in [4.78, 5) is 2.17. The van der Waals surface area contributed by atoms with E-state index in [1.165, 1.54) is 0 Å². The fourth-order valence-electron chi connectivity index (χ4n) is 2.44. The number of likely N-dealkylation sites (tertiary alicyclic amines) is 1. The van der Waals surface area contributed by atoms with Crippen molar-refractivity contribution in [1.29, 1.82) is 0 Å². The van der Waals surface area contributed by atoms with E-state index in [1.807, 2.05) is 24.3 Å². The summed E-state index contributed by atoms with van der Waals surface area (Å²) in [6.07, 6.45) is 0.0834. The third-order valence-electron chi connectivity index (χ3n) is 3.50. The molecule has 1 N–H and O–H groups in total. The largest absolute Gasteiger partial charge is 0.496 e. The van der Waals surface area contributed by atoms with Crippen LogP contribution in [0.1, 0.15) is 18.1 Å². The van der Waals surface area contributed by atoms with E-state index >= 15 is 0 Å². The third-order valence-corrected chi connectivity index (χ3v) is 3.50. The normalized spacial score (nSPS) is 18.4. The average Bonchev–Trinajstić information content (AvgIpc) is 2.36. The molecule has 0 bridgehead atoms. The minimum absolute atomic E-state index is 0.223. The lowest BCUT2D eigenvalue weighted by atomic mass is 9.88. The molecule has 0 saturated carbocycles. The van der Waals surface area contributed by atoms with Gasteiger partial charge in [-0.25, -0.2) is 0 Å². The average molecular weight is 253 g/mol. The van der Waals surface area contributed by atoms with Gasteiger partial charge in [0.1, 0.15) is 5.75 Å². The van der Waals surface area contributed by atoms with E-state index in [2.05, 4.69) is 4.90 Å². The second-order valence-corrected chi connectivity index (χ2v) is 4.75. The molecule has 0 unspecified atom stereocenters. The zero-order valence-corrected chi connectivity index (χ0v) is 10.7. The molecule has 1 aliphatic rings. The molecule has 0 aliphatic carbocycles. The van der Waals surface area contributed by atoms with Gasteiger partial charge in [-0.3, -0.25) is 4.39 Å². The predicted octanol–water partition coefficient (Wildman–Crippen LogP) is 2.02. The lowest BCUT2D eigenvalue weighted by Gasteiger charge is -2.42. The topological polar surface area (TPSA) is 32.7 Å². The molecule has 0 aromatic heterocycles. The fourth-order valence-corrected chi connectivity index (χ4v) is 2.44. The quantitative estimate of drug-likeness (QED) is 0.842. The lowest BCUT2D eigenvalue weighted by molar-refractivity contribution is -0.00706. The number of rotatable bonds is 6. The summed E-state index contributed by atoms with van der Waals surface area (Å²) in [5.41, 5.74) is 0.843. The number of alkyl halides is 1. The first kappa shape index (κ1) is 13.3. The highest BCUT2D eigenvalue weighted by Gasteiger charge is 2.33. The highest BCUT2D eigenvalue weighted by molar-refractivity contribution is 5.35. The Bertz CT molecular complexity index is 380. The zero-order chi connectivity index (χ0) is 13.0. The van der Waals surface area contributed by atoms with E-state index in [0.717, 1.165) is 30.9 Å². The van der Waals surface area contributed by atoms with E-state index in [-0.39, 0.29) is 12.6 Å². The highest BCUT2D eigenvalue weighted by Crippen LogP contribution is 2.34. The van der Waals surface area contributed by atoms with Gasteiger partial charge in [-0.2, -0.15) is 0 Å². The second-order valence-electron chi connectivity index (χ2n) is 4.75. The van der Waals surface area contributed by atoms with Crippen molar-refractivity contribution >= 4 is 0 Å². The Morgan fingerprint density at radius 2 is 2.17 bits per heavy atom. The van der Waals surface area contributed by atoms with Crippen LogP contribution in [-0.2, 0) is 0 Å². The molecule has 4 heteroatoms. The molecule has 1 aromatic carbocycles. The molecule has 0 amide bonds. The van der Waals surface area contributed by atoms with E-state index < -0.39 is 6.10 Å². The van der Waals surface area contributed by atoms with Gasteiger partial charge in [0.05, 0.1) is 19.9 Å². The van der Waals surface area contributed by atoms with Crippen molar-refractivity contribution in [2.75, 3.05) is 33.4 Å². The van der Waals surface area contributed by atoms with E-state index in [9.17, 15) is 9.50 Å². The van der Waals surface area contributed by atoms with Crippen LogP contribution in [0.2, 0.25) is 0 Å². The number of hydrogen-bond donors (Lipinski definition) is 1. The van der Waals surface area contributed by atoms with Gasteiger partial charge in [0.2, 0.25) is 0 Å². The van der Waals surface area contributed by atoms with Gasteiger partial charge in [-0.1, -0.05) is 18.2 Å². The Morgan fingerprint density at radius 1 is 1.44 bits per heavy atom. The maximum atomic E-state index is 12.0. The minimum Gasteiger partial charge on any atom is -0.496 e. The van der Waals surface area contributed by atoms with E-state index in [4.69, 9.17) is 4.74 Å². The Balaban J connectivity index is 1.91. The molecule has 1 atom stereocenters. The Hall–Kier alpha value is -1.13. The van der Waals surface area contributed by atoms with Gasteiger partial charge in [-0.15, -0.1) is 0 Å². The summed E-state index contributed by atoms with van der Waals surface area (Å²) in [5.74, 6) is 0.952. The van der Waals surface area contributed by atoms with Crippen LogP contribution in [0.4, 0.5) is 4.39 Å². The highest BCUT2D eigenvalue weighted by atomic mass is 19.1. The van der Waals surface area contributed by atoms with Gasteiger partial charge >= 0.3 is 0 Å². The van der Waals surface area contributed by atoms with Crippen LogP contribution in [0, 0.1) is 5.92 Å². The van der Waals surface area contributed by atoms with Crippen LogP contribution in [0.15, 0.2) is 24.3 Å². The van der Waals surface area contributed by atoms with Gasteiger partial charge in [0.15, 0.2) is 0 Å². The van der Waals surface area contributed by atoms with Gasteiger partial charge < -0.3 is 14.7 Å². The zero-order valence-electron chi connectivity index (χ0n) is 10.7. The van der Waals surface area contributed by atoms with Crippen LogP contribution < -0.4 is 4.74 Å². The lowest BCUT2D eigenvalue weighted by Crippen LogP contribution is -2.49. The van der Waals surface area contributed by atoms with Crippen molar-refractivity contribution in [1.82, 2.24) is 4.90 Å². The van der Waals surface area contributed by atoms with Crippen molar-refractivity contribution in [3.8, 4) is 5.75 Å². The van der Waals surface area contributed by atoms with Crippen LogP contribution in [0.3, 0.4) is 0 Å². The first-order valence-corrected chi connectivity index (χ1v) is 6.35. The SMILES string of the molecule is COc1ccccc1[C@@H](O)C1CN(CCCF)C1. The van der Waals surface area contributed by atoms with E-state index in [0.29, 0.717) is 6.42 Å². The predicted molar refractivity (Wildman–Crippen MR) is 68.5 cm³/mol. The summed E-state index contributed by atoms with van der Waals surface area (Å²) in [6, 6.07) is 7.55.